The van der Waals surface area contributed by atoms with Crippen molar-refractivity contribution in [3.8, 4) is 0 Å². The van der Waals surface area contributed by atoms with E-state index in [-0.39, 0.29) is 18.1 Å². The van der Waals surface area contributed by atoms with Crippen molar-refractivity contribution in [1.82, 2.24) is 14.7 Å². The summed E-state index contributed by atoms with van der Waals surface area (Å²) in [6.45, 7) is 3.08. The average Bonchev–Trinajstić information content (AvgIpc) is 2.92. The number of hydrogen-bond acceptors (Lipinski definition) is 3. The number of morpholine rings is 1. The van der Waals surface area contributed by atoms with E-state index in [0.717, 1.165) is 11.1 Å². The van der Waals surface area contributed by atoms with Crippen LogP contribution in [0.15, 0.2) is 36.7 Å². The lowest BCUT2D eigenvalue weighted by Gasteiger charge is -2.38. The second-order valence-corrected chi connectivity index (χ2v) is 6.41. The molecule has 2 unspecified atom stereocenters. The molecule has 6 heteroatoms. The molecule has 0 aliphatic carbocycles. The lowest BCUT2D eigenvalue weighted by Crippen LogP contribution is -2.48. The van der Waals surface area contributed by atoms with Crippen molar-refractivity contribution in [1.29, 1.82) is 0 Å². The second-order valence-electron chi connectivity index (χ2n) is 5.97. The Balaban J connectivity index is 1.71. The molecule has 0 saturated carbocycles. The third-order valence-electron chi connectivity index (χ3n) is 4.09. The van der Waals surface area contributed by atoms with Gasteiger partial charge < -0.3 is 9.64 Å². The van der Waals surface area contributed by atoms with Crippen LogP contribution in [-0.2, 0) is 23.0 Å². The van der Waals surface area contributed by atoms with Gasteiger partial charge in [-0.25, -0.2) is 0 Å². The monoisotopic (exact) mass is 333 g/mol. The van der Waals surface area contributed by atoms with E-state index in [0.29, 0.717) is 24.6 Å². The summed E-state index contributed by atoms with van der Waals surface area (Å²) in [5.74, 6) is 0.0980. The predicted octanol–water partition coefficient (Wildman–Crippen LogP) is 2.60. The number of ether oxygens (including phenoxy) is 1. The minimum atomic E-state index is -0.136. The van der Waals surface area contributed by atoms with Crippen LogP contribution in [0, 0.1) is 0 Å². The van der Waals surface area contributed by atoms with Gasteiger partial charge in [0.15, 0.2) is 0 Å². The molecule has 3 rings (SSSR count). The largest absolute Gasteiger partial charge is 0.370 e. The molecule has 0 spiro atoms. The molecule has 122 valence electrons. The standard InChI is InChI=1S/C17H20ClN3O2/c1-12-11-23-16(14-4-3-5-15(18)7-14)10-21(12)17(22)6-13-8-19-20(2)9-13/h3-5,7-9,12,16H,6,10-11H2,1-2H3. The average molecular weight is 334 g/mol. The first-order valence-corrected chi connectivity index (χ1v) is 8.05. The predicted molar refractivity (Wildman–Crippen MR) is 88.2 cm³/mol. The molecule has 5 nitrogen and oxygen atoms in total. The summed E-state index contributed by atoms with van der Waals surface area (Å²) in [5, 5.41) is 4.79. The third-order valence-corrected chi connectivity index (χ3v) is 4.32. The van der Waals surface area contributed by atoms with Crippen LogP contribution in [0.3, 0.4) is 0 Å². The van der Waals surface area contributed by atoms with Gasteiger partial charge in [0, 0.05) is 18.3 Å². The maximum atomic E-state index is 12.6. The van der Waals surface area contributed by atoms with Gasteiger partial charge >= 0.3 is 0 Å². The Morgan fingerprint density at radius 1 is 1.48 bits per heavy atom. The van der Waals surface area contributed by atoms with Gasteiger partial charge in [0.05, 0.1) is 31.8 Å². The Hall–Kier alpha value is -1.85. The molecule has 1 amide bonds. The molecule has 2 heterocycles. The van der Waals surface area contributed by atoms with Crippen LogP contribution in [0.1, 0.15) is 24.2 Å². The van der Waals surface area contributed by atoms with Crippen molar-refractivity contribution in [2.45, 2.75) is 25.5 Å². The first-order valence-electron chi connectivity index (χ1n) is 7.67. The molecular weight excluding hydrogens is 314 g/mol. The highest BCUT2D eigenvalue weighted by molar-refractivity contribution is 6.30. The topological polar surface area (TPSA) is 47.4 Å². The fourth-order valence-corrected chi connectivity index (χ4v) is 3.05. The van der Waals surface area contributed by atoms with Crippen LogP contribution in [0.25, 0.3) is 0 Å². The number of aromatic nitrogens is 2. The van der Waals surface area contributed by atoms with Crippen molar-refractivity contribution in [2.75, 3.05) is 13.2 Å². The number of carbonyl (C=O) groups is 1. The van der Waals surface area contributed by atoms with Crippen LogP contribution in [0.5, 0.6) is 0 Å². The summed E-state index contributed by atoms with van der Waals surface area (Å²) in [5.41, 5.74) is 1.93. The Morgan fingerprint density at radius 3 is 3.00 bits per heavy atom. The van der Waals surface area contributed by atoms with E-state index >= 15 is 0 Å². The number of nitrogens with zero attached hydrogens (tertiary/aromatic N) is 3. The van der Waals surface area contributed by atoms with E-state index in [1.807, 2.05) is 49.3 Å². The van der Waals surface area contributed by atoms with E-state index in [4.69, 9.17) is 16.3 Å². The number of amides is 1. The molecule has 1 aliphatic heterocycles. The zero-order chi connectivity index (χ0) is 16.4. The SMILES string of the molecule is CC1COC(c2cccc(Cl)c2)CN1C(=O)Cc1cnn(C)c1. The van der Waals surface area contributed by atoms with Crippen LogP contribution in [0.4, 0.5) is 0 Å². The zero-order valence-electron chi connectivity index (χ0n) is 13.3. The van der Waals surface area contributed by atoms with Gasteiger partial charge in [-0.1, -0.05) is 23.7 Å². The van der Waals surface area contributed by atoms with Crippen LogP contribution >= 0.6 is 11.6 Å². The van der Waals surface area contributed by atoms with Crippen molar-refractivity contribution in [3.63, 3.8) is 0 Å². The lowest BCUT2D eigenvalue weighted by molar-refractivity contribution is -0.143. The molecular formula is C17H20ClN3O2. The Morgan fingerprint density at radius 2 is 2.30 bits per heavy atom. The maximum absolute atomic E-state index is 12.6. The van der Waals surface area contributed by atoms with E-state index in [9.17, 15) is 4.79 Å². The van der Waals surface area contributed by atoms with Gasteiger partial charge in [-0.05, 0) is 30.2 Å². The van der Waals surface area contributed by atoms with Crippen LogP contribution in [-0.4, -0.2) is 39.8 Å². The molecule has 0 N–H and O–H groups in total. The number of aryl methyl sites for hydroxylation is 1. The minimum Gasteiger partial charge on any atom is -0.370 e. The molecule has 1 saturated heterocycles. The third kappa shape index (κ3) is 3.74. The van der Waals surface area contributed by atoms with Gasteiger partial charge in [0.1, 0.15) is 6.10 Å². The normalized spacial score (nSPS) is 21.4. The van der Waals surface area contributed by atoms with Crippen molar-refractivity contribution in [3.05, 3.63) is 52.8 Å². The fraction of sp³-hybridized carbons (Fsp3) is 0.412. The summed E-state index contributed by atoms with van der Waals surface area (Å²) >= 11 is 6.06. The van der Waals surface area contributed by atoms with Crippen molar-refractivity contribution >= 4 is 17.5 Å². The van der Waals surface area contributed by atoms with E-state index in [2.05, 4.69) is 5.10 Å². The highest BCUT2D eigenvalue weighted by Crippen LogP contribution is 2.27. The summed E-state index contributed by atoms with van der Waals surface area (Å²) in [7, 11) is 1.85. The first-order chi connectivity index (χ1) is 11.0. The molecule has 23 heavy (non-hydrogen) atoms. The number of rotatable bonds is 3. The summed E-state index contributed by atoms with van der Waals surface area (Å²) < 4.78 is 7.61. The zero-order valence-corrected chi connectivity index (χ0v) is 14.0. The fourth-order valence-electron chi connectivity index (χ4n) is 2.85. The molecule has 1 aromatic carbocycles. The molecule has 2 atom stereocenters. The number of halogens is 1. The Kier molecular flexibility index (Phi) is 4.68. The highest BCUT2D eigenvalue weighted by atomic mass is 35.5. The van der Waals surface area contributed by atoms with Gasteiger partial charge in [-0.3, -0.25) is 9.48 Å². The Labute approximate surface area is 140 Å². The van der Waals surface area contributed by atoms with E-state index in [1.54, 1.807) is 10.9 Å². The summed E-state index contributed by atoms with van der Waals surface area (Å²) in [6, 6.07) is 7.68. The molecule has 0 bridgehead atoms. The van der Waals surface area contributed by atoms with Gasteiger partial charge in [0.25, 0.3) is 0 Å². The minimum absolute atomic E-state index is 0.0644. The second kappa shape index (κ2) is 6.72. The van der Waals surface area contributed by atoms with Gasteiger partial charge in [-0.2, -0.15) is 5.10 Å². The highest BCUT2D eigenvalue weighted by Gasteiger charge is 2.30. The van der Waals surface area contributed by atoms with E-state index in [1.165, 1.54) is 0 Å². The molecule has 1 fully saturated rings. The lowest BCUT2D eigenvalue weighted by atomic mass is 10.1. The van der Waals surface area contributed by atoms with Crippen LogP contribution < -0.4 is 0 Å². The van der Waals surface area contributed by atoms with E-state index < -0.39 is 0 Å². The van der Waals surface area contributed by atoms with Gasteiger partial charge in [-0.15, -0.1) is 0 Å². The van der Waals surface area contributed by atoms with Crippen molar-refractivity contribution < 1.29 is 9.53 Å². The summed E-state index contributed by atoms with van der Waals surface area (Å²) in [6.07, 6.45) is 3.83. The molecule has 0 radical (unpaired) electrons. The first kappa shape index (κ1) is 16.0. The maximum Gasteiger partial charge on any atom is 0.227 e. The van der Waals surface area contributed by atoms with Crippen LogP contribution in [0.2, 0.25) is 5.02 Å². The van der Waals surface area contributed by atoms with Gasteiger partial charge in [0.2, 0.25) is 5.91 Å². The number of hydrogen-bond donors (Lipinski definition) is 0. The molecule has 1 aromatic heterocycles. The number of carbonyl (C=O) groups excluding carboxylic acids is 1. The summed E-state index contributed by atoms with van der Waals surface area (Å²) in [4.78, 5) is 14.5. The van der Waals surface area contributed by atoms with Crippen molar-refractivity contribution in [2.24, 2.45) is 7.05 Å². The Bertz CT molecular complexity index is 701. The molecule has 1 aliphatic rings. The smallest absolute Gasteiger partial charge is 0.227 e. The molecule has 2 aromatic rings. The quantitative estimate of drug-likeness (QED) is 0.867. The number of benzene rings is 1.